The molecule has 166 valence electrons. The van der Waals surface area contributed by atoms with Crippen LogP contribution in [0.2, 0.25) is 0 Å². The number of ether oxygens (including phenoxy) is 3. The molecule has 0 radical (unpaired) electrons. The summed E-state index contributed by atoms with van der Waals surface area (Å²) in [6.45, 7) is 8.34. The molecule has 0 bridgehead atoms. The Balaban J connectivity index is 1.43. The third-order valence-corrected chi connectivity index (χ3v) is 5.99. The van der Waals surface area contributed by atoms with E-state index < -0.39 is 5.97 Å². The van der Waals surface area contributed by atoms with Crippen molar-refractivity contribution in [3.8, 4) is 11.5 Å². The molecule has 0 saturated heterocycles. The van der Waals surface area contributed by atoms with Crippen LogP contribution in [0.15, 0.2) is 48.5 Å². The number of benzene rings is 2. The lowest BCUT2D eigenvalue weighted by atomic mass is 10.0. The number of para-hydroxylation sites is 2. The minimum atomic E-state index is -0.486. The summed E-state index contributed by atoms with van der Waals surface area (Å²) >= 11 is 0. The molecule has 0 saturated carbocycles. The van der Waals surface area contributed by atoms with Crippen LogP contribution in [0.3, 0.4) is 0 Å². The monoisotopic (exact) mass is 433 g/mol. The van der Waals surface area contributed by atoms with Gasteiger partial charge in [-0.25, -0.2) is 4.79 Å². The Kier molecular flexibility index (Phi) is 6.04. The van der Waals surface area contributed by atoms with Gasteiger partial charge in [0.15, 0.2) is 24.2 Å². The van der Waals surface area contributed by atoms with Crippen LogP contribution < -0.4 is 9.47 Å². The SMILES string of the molecule is Cc1cccc(C(=O)OCC(=O)c2cc(C)n(C[C@@H]3COc4ccccc4O3)c2C)c1C. The van der Waals surface area contributed by atoms with Crippen LogP contribution in [-0.4, -0.2) is 35.6 Å². The van der Waals surface area contributed by atoms with Gasteiger partial charge in [0.25, 0.3) is 0 Å². The highest BCUT2D eigenvalue weighted by Crippen LogP contribution is 2.31. The van der Waals surface area contributed by atoms with Crippen molar-refractivity contribution < 1.29 is 23.8 Å². The molecule has 2 aromatic carbocycles. The smallest absolute Gasteiger partial charge is 0.338 e. The van der Waals surface area contributed by atoms with Crippen LogP contribution in [0.1, 0.15) is 43.2 Å². The standard InChI is InChI=1S/C26H27NO5/c1-16-8-7-9-21(18(16)3)26(29)31-15-23(28)22-12-17(2)27(19(22)4)13-20-14-30-24-10-5-6-11-25(24)32-20/h5-12,20H,13-15H2,1-4H3/t20-/m1/s1. The number of aryl methyl sites for hydroxylation is 2. The van der Waals surface area contributed by atoms with Crippen LogP contribution in [0.4, 0.5) is 0 Å². The van der Waals surface area contributed by atoms with Gasteiger partial charge in [-0.15, -0.1) is 0 Å². The third kappa shape index (κ3) is 4.26. The molecule has 0 unspecified atom stereocenters. The average molecular weight is 434 g/mol. The molecule has 1 aliphatic rings. The van der Waals surface area contributed by atoms with E-state index in [-0.39, 0.29) is 18.5 Å². The zero-order valence-corrected chi connectivity index (χ0v) is 18.8. The Hall–Kier alpha value is -3.54. The second-order valence-corrected chi connectivity index (χ2v) is 8.14. The van der Waals surface area contributed by atoms with Gasteiger partial charge in [0.05, 0.1) is 12.1 Å². The second-order valence-electron chi connectivity index (χ2n) is 8.14. The summed E-state index contributed by atoms with van der Waals surface area (Å²) in [5, 5.41) is 0. The Bertz CT molecular complexity index is 1180. The number of hydrogen-bond acceptors (Lipinski definition) is 5. The molecule has 1 aliphatic heterocycles. The number of nitrogens with zero attached hydrogens (tertiary/aromatic N) is 1. The van der Waals surface area contributed by atoms with Gasteiger partial charge in [0, 0.05) is 17.0 Å². The average Bonchev–Trinajstić information content (AvgIpc) is 3.07. The van der Waals surface area contributed by atoms with Crippen molar-refractivity contribution in [2.45, 2.75) is 40.3 Å². The zero-order chi connectivity index (χ0) is 22.8. The lowest BCUT2D eigenvalue weighted by Gasteiger charge is -2.27. The van der Waals surface area contributed by atoms with E-state index in [4.69, 9.17) is 14.2 Å². The number of fused-ring (bicyclic) bond motifs is 1. The number of ketones is 1. The van der Waals surface area contributed by atoms with Crippen molar-refractivity contribution in [2.24, 2.45) is 0 Å². The molecule has 3 aromatic rings. The highest BCUT2D eigenvalue weighted by Gasteiger charge is 2.24. The van der Waals surface area contributed by atoms with Gasteiger partial charge in [-0.05, 0) is 63.1 Å². The molecule has 4 rings (SSSR count). The molecule has 6 nitrogen and oxygen atoms in total. The summed E-state index contributed by atoms with van der Waals surface area (Å²) in [5.41, 5.74) is 4.66. The van der Waals surface area contributed by atoms with Gasteiger partial charge in [-0.3, -0.25) is 4.79 Å². The van der Waals surface area contributed by atoms with Crippen molar-refractivity contribution >= 4 is 11.8 Å². The van der Waals surface area contributed by atoms with Crippen LogP contribution in [-0.2, 0) is 11.3 Å². The van der Waals surface area contributed by atoms with Crippen LogP contribution in [0.25, 0.3) is 0 Å². The maximum Gasteiger partial charge on any atom is 0.338 e. The van der Waals surface area contributed by atoms with Gasteiger partial charge in [0.1, 0.15) is 6.61 Å². The molecule has 0 aliphatic carbocycles. The first-order valence-electron chi connectivity index (χ1n) is 10.7. The number of hydrogen-bond donors (Lipinski definition) is 0. The minimum absolute atomic E-state index is 0.167. The van der Waals surface area contributed by atoms with Gasteiger partial charge < -0.3 is 18.8 Å². The van der Waals surface area contributed by atoms with Crippen molar-refractivity contribution in [1.82, 2.24) is 4.57 Å². The highest BCUT2D eigenvalue weighted by molar-refractivity contribution is 6.00. The lowest BCUT2D eigenvalue weighted by molar-refractivity contribution is 0.0473. The predicted octanol–water partition coefficient (Wildman–Crippen LogP) is 4.60. The van der Waals surface area contributed by atoms with E-state index in [1.807, 2.05) is 74.7 Å². The lowest BCUT2D eigenvalue weighted by Crippen LogP contribution is -2.33. The third-order valence-electron chi connectivity index (χ3n) is 5.99. The number of carbonyl (C=O) groups excluding carboxylic acids is 2. The largest absolute Gasteiger partial charge is 0.486 e. The van der Waals surface area contributed by atoms with Gasteiger partial charge in [-0.2, -0.15) is 0 Å². The van der Waals surface area contributed by atoms with E-state index in [0.717, 1.165) is 34.0 Å². The fourth-order valence-corrected chi connectivity index (χ4v) is 3.98. The maximum absolute atomic E-state index is 12.8. The minimum Gasteiger partial charge on any atom is -0.486 e. The van der Waals surface area contributed by atoms with Gasteiger partial charge in [0.2, 0.25) is 5.78 Å². The first-order chi connectivity index (χ1) is 15.3. The van der Waals surface area contributed by atoms with Crippen LogP contribution >= 0.6 is 0 Å². The number of carbonyl (C=O) groups is 2. The summed E-state index contributed by atoms with van der Waals surface area (Å²) in [7, 11) is 0. The van der Waals surface area contributed by atoms with Crippen molar-refractivity contribution in [3.05, 3.63) is 82.2 Å². The van der Waals surface area contributed by atoms with E-state index in [1.54, 1.807) is 6.07 Å². The molecule has 1 atom stereocenters. The number of aromatic nitrogens is 1. The fraction of sp³-hybridized carbons (Fsp3) is 0.308. The van der Waals surface area contributed by atoms with Gasteiger partial charge in [-0.1, -0.05) is 24.3 Å². The normalized spacial score (nSPS) is 14.8. The van der Waals surface area contributed by atoms with Crippen molar-refractivity contribution in [2.75, 3.05) is 13.2 Å². The number of Topliss-reactive ketones (excluding diaryl/α,β-unsaturated/α-hetero) is 1. The molecular formula is C26H27NO5. The van der Waals surface area contributed by atoms with Crippen molar-refractivity contribution in [1.29, 1.82) is 0 Å². The predicted molar refractivity (Wildman–Crippen MR) is 121 cm³/mol. The summed E-state index contributed by atoms with van der Waals surface area (Å²) in [6, 6.07) is 14.9. The summed E-state index contributed by atoms with van der Waals surface area (Å²) in [6.07, 6.45) is -0.167. The first kappa shape index (κ1) is 21.7. The first-order valence-corrected chi connectivity index (χ1v) is 10.7. The summed E-state index contributed by atoms with van der Waals surface area (Å²) < 4.78 is 19.2. The molecule has 6 heteroatoms. The molecule has 2 heterocycles. The molecule has 32 heavy (non-hydrogen) atoms. The Morgan fingerprint density at radius 2 is 1.75 bits per heavy atom. The fourth-order valence-electron chi connectivity index (χ4n) is 3.98. The number of rotatable bonds is 6. The highest BCUT2D eigenvalue weighted by atomic mass is 16.6. The quantitative estimate of drug-likeness (QED) is 0.420. The Labute approximate surface area is 187 Å². The van der Waals surface area contributed by atoms with E-state index in [9.17, 15) is 9.59 Å². The molecule has 1 aromatic heterocycles. The van der Waals surface area contributed by atoms with Crippen LogP contribution in [0.5, 0.6) is 11.5 Å². The van der Waals surface area contributed by atoms with E-state index in [2.05, 4.69) is 0 Å². The Morgan fingerprint density at radius 1 is 1.00 bits per heavy atom. The summed E-state index contributed by atoms with van der Waals surface area (Å²) in [5.74, 6) is 0.751. The maximum atomic E-state index is 12.8. The van der Waals surface area contributed by atoms with Crippen molar-refractivity contribution in [3.63, 3.8) is 0 Å². The molecule has 0 spiro atoms. The molecule has 0 N–H and O–H groups in total. The molecule has 0 fully saturated rings. The molecular weight excluding hydrogens is 406 g/mol. The van der Waals surface area contributed by atoms with E-state index in [1.165, 1.54) is 0 Å². The molecule has 0 amide bonds. The topological polar surface area (TPSA) is 66.8 Å². The van der Waals surface area contributed by atoms with E-state index in [0.29, 0.717) is 24.3 Å². The zero-order valence-electron chi connectivity index (χ0n) is 18.8. The number of esters is 1. The Morgan fingerprint density at radius 3 is 2.53 bits per heavy atom. The second kappa shape index (κ2) is 8.91. The van der Waals surface area contributed by atoms with E-state index >= 15 is 0 Å². The summed E-state index contributed by atoms with van der Waals surface area (Å²) in [4.78, 5) is 25.3. The van der Waals surface area contributed by atoms with Crippen LogP contribution in [0, 0.1) is 27.7 Å². The van der Waals surface area contributed by atoms with Gasteiger partial charge >= 0.3 is 5.97 Å².